The minimum absolute atomic E-state index is 0.0599. The zero-order valence-electron chi connectivity index (χ0n) is 11.8. The Morgan fingerprint density at radius 3 is 2.75 bits per heavy atom. The summed E-state index contributed by atoms with van der Waals surface area (Å²) in [5.41, 5.74) is 1.37. The molecule has 0 saturated heterocycles. The van der Waals surface area contributed by atoms with Crippen molar-refractivity contribution in [3.8, 4) is 0 Å². The van der Waals surface area contributed by atoms with Crippen molar-refractivity contribution in [2.24, 2.45) is 0 Å². The highest BCUT2D eigenvalue weighted by atomic mass is 16.6. The number of hydrogen-bond donors (Lipinski definition) is 2. The predicted octanol–water partition coefficient (Wildman–Crippen LogP) is 2.64. The van der Waals surface area contributed by atoms with E-state index in [0.29, 0.717) is 24.1 Å². The maximum absolute atomic E-state index is 11.1. The van der Waals surface area contributed by atoms with E-state index in [4.69, 9.17) is 5.11 Å². The maximum atomic E-state index is 11.1. The number of carbonyl (C=O) groups is 1. The molecule has 0 amide bonds. The molecule has 1 unspecified atom stereocenters. The molecule has 1 rings (SSSR count). The van der Waals surface area contributed by atoms with E-state index in [1.54, 1.807) is 19.1 Å². The lowest BCUT2D eigenvalue weighted by molar-refractivity contribution is -0.385. The molecule has 0 aromatic heterocycles. The number of nitro groups is 1. The van der Waals surface area contributed by atoms with Gasteiger partial charge in [-0.1, -0.05) is 31.9 Å². The summed E-state index contributed by atoms with van der Waals surface area (Å²) in [7, 11) is 0. The van der Waals surface area contributed by atoms with Gasteiger partial charge >= 0.3 is 5.97 Å². The number of benzene rings is 1. The molecule has 1 atom stereocenters. The molecule has 0 aliphatic heterocycles. The smallest absolute Gasteiger partial charge is 0.320 e. The Kier molecular flexibility index (Phi) is 6.11. The van der Waals surface area contributed by atoms with Crippen molar-refractivity contribution in [2.75, 3.05) is 0 Å². The number of aliphatic carboxylic acids is 1. The van der Waals surface area contributed by atoms with Crippen molar-refractivity contribution in [2.45, 2.75) is 45.7 Å². The van der Waals surface area contributed by atoms with E-state index in [2.05, 4.69) is 5.32 Å². The van der Waals surface area contributed by atoms with Gasteiger partial charge in [-0.15, -0.1) is 0 Å². The van der Waals surface area contributed by atoms with Gasteiger partial charge in [0, 0.05) is 18.2 Å². The molecule has 6 nitrogen and oxygen atoms in total. The highest BCUT2D eigenvalue weighted by Crippen LogP contribution is 2.19. The maximum Gasteiger partial charge on any atom is 0.320 e. The topological polar surface area (TPSA) is 92.5 Å². The molecule has 1 aromatic carbocycles. The first-order valence-corrected chi connectivity index (χ1v) is 6.65. The average Bonchev–Trinajstić information content (AvgIpc) is 2.39. The third-order valence-electron chi connectivity index (χ3n) is 3.17. The van der Waals surface area contributed by atoms with Crippen molar-refractivity contribution in [1.29, 1.82) is 0 Å². The number of hydrogen-bond acceptors (Lipinski definition) is 4. The molecular formula is C14H20N2O4. The van der Waals surface area contributed by atoms with Gasteiger partial charge < -0.3 is 10.4 Å². The van der Waals surface area contributed by atoms with Crippen molar-refractivity contribution < 1.29 is 14.8 Å². The van der Waals surface area contributed by atoms with Crippen LogP contribution in [0, 0.1) is 17.0 Å². The Hall–Kier alpha value is -1.95. The van der Waals surface area contributed by atoms with Crippen LogP contribution in [0.1, 0.15) is 37.3 Å². The Bertz CT molecular complexity index is 488. The van der Waals surface area contributed by atoms with Crippen LogP contribution in [0.3, 0.4) is 0 Å². The van der Waals surface area contributed by atoms with Gasteiger partial charge in [-0.25, -0.2) is 0 Å². The molecule has 2 N–H and O–H groups in total. The molecule has 0 radical (unpaired) electrons. The lowest BCUT2D eigenvalue weighted by Crippen LogP contribution is -2.36. The van der Waals surface area contributed by atoms with Crippen LogP contribution in [0.25, 0.3) is 0 Å². The van der Waals surface area contributed by atoms with E-state index in [-0.39, 0.29) is 5.69 Å². The van der Waals surface area contributed by atoms with Gasteiger partial charge in [-0.05, 0) is 18.9 Å². The van der Waals surface area contributed by atoms with E-state index in [1.165, 1.54) is 6.07 Å². The van der Waals surface area contributed by atoms with Crippen molar-refractivity contribution in [1.82, 2.24) is 5.32 Å². The SMILES string of the molecule is CCCCC(NCc1ccc(C)c([N+](=O)[O-])c1)C(=O)O. The molecule has 0 heterocycles. The number of nitro benzene ring substituents is 1. The molecular weight excluding hydrogens is 260 g/mol. The van der Waals surface area contributed by atoms with Gasteiger partial charge in [0.2, 0.25) is 0 Å². The Morgan fingerprint density at radius 1 is 1.50 bits per heavy atom. The third kappa shape index (κ3) is 4.62. The molecule has 0 aliphatic rings. The van der Waals surface area contributed by atoms with Crippen LogP contribution in [0.15, 0.2) is 18.2 Å². The summed E-state index contributed by atoms with van der Waals surface area (Å²) >= 11 is 0. The van der Waals surface area contributed by atoms with Crippen LogP contribution in [0.2, 0.25) is 0 Å². The number of carboxylic acid groups (broad SMARTS) is 1. The zero-order valence-corrected chi connectivity index (χ0v) is 11.8. The summed E-state index contributed by atoms with van der Waals surface area (Å²) in [5.74, 6) is -0.889. The van der Waals surface area contributed by atoms with Gasteiger partial charge in [0.05, 0.1) is 4.92 Å². The third-order valence-corrected chi connectivity index (χ3v) is 3.17. The number of carboxylic acids is 1. The second-order valence-electron chi connectivity index (χ2n) is 4.79. The first-order valence-electron chi connectivity index (χ1n) is 6.65. The normalized spacial score (nSPS) is 12.1. The Labute approximate surface area is 118 Å². The molecule has 20 heavy (non-hydrogen) atoms. The summed E-state index contributed by atoms with van der Waals surface area (Å²) in [4.78, 5) is 21.5. The minimum atomic E-state index is -0.889. The fraction of sp³-hybridized carbons (Fsp3) is 0.500. The second kappa shape index (κ2) is 7.59. The Morgan fingerprint density at radius 2 is 2.20 bits per heavy atom. The summed E-state index contributed by atoms with van der Waals surface area (Å²) in [6.07, 6.45) is 2.32. The number of unbranched alkanes of at least 4 members (excludes halogenated alkanes) is 1. The minimum Gasteiger partial charge on any atom is -0.480 e. The van der Waals surface area contributed by atoms with E-state index >= 15 is 0 Å². The number of nitrogens with one attached hydrogen (secondary N) is 1. The highest BCUT2D eigenvalue weighted by Gasteiger charge is 2.17. The predicted molar refractivity (Wildman–Crippen MR) is 75.6 cm³/mol. The van der Waals surface area contributed by atoms with E-state index in [9.17, 15) is 14.9 Å². The van der Waals surface area contributed by atoms with Gasteiger partial charge in [-0.3, -0.25) is 14.9 Å². The van der Waals surface area contributed by atoms with Crippen LogP contribution in [-0.4, -0.2) is 22.0 Å². The molecule has 0 fully saturated rings. The van der Waals surface area contributed by atoms with Gasteiger partial charge in [0.1, 0.15) is 6.04 Å². The van der Waals surface area contributed by atoms with Crippen LogP contribution in [-0.2, 0) is 11.3 Å². The molecule has 0 bridgehead atoms. The number of rotatable bonds is 8. The summed E-state index contributed by atoms with van der Waals surface area (Å²) in [6.45, 7) is 3.99. The standard InChI is InChI=1S/C14H20N2O4/c1-3-4-5-12(14(17)18)15-9-11-7-6-10(2)13(8-11)16(19)20/h6-8,12,15H,3-5,9H2,1-2H3,(H,17,18). The fourth-order valence-corrected chi connectivity index (χ4v) is 1.92. The van der Waals surface area contributed by atoms with E-state index in [1.807, 2.05) is 6.92 Å². The molecule has 110 valence electrons. The monoisotopic (exact) mass is 280 g/mol. The second-order valence-corrected chi connectivity index (χ2v) is 4.79. The Balaban J connectivity index is 2.70. The van der Waals surface area contributed by atoms with E-state index < -0.39 is 16.9 Å². The summed E-state index contributed by atoms with van der Waals surface area (Å²) in [5, 5.41) is 22.9. The van der Waals surface area contributed by atoms with Crippen LogP contribution < -0.4 is 5.32 Å². The van der Waals surface area contributed by atoms with Crippen molar-refractivity contribution in [3.05, 3.63) is 39.4 Å². The molecule has 0 aliphatic carbocycles. The van der Waals surface area contributed by atoms with Gasteiger partial charge in [-0.2, -0.15) is 0 Å². The molecule has 0 saturated carbocycles. The molecule has 0 spiro atoms. The largest absolute Gasteiger partial charge is 0.480 e. The fourth-order valence-electron chi connectivity index (χ4n) is 1.92. The molecule has 6 heteroatoms. The van der Waals surface area contributed by atoms with Gasteiger partial charge in [0.25, 0.3) is 5.69 Å². The quantitative estimate of drug-likeness (QED) is 0.564. The van der Waals surface area contributed by atoms with Crippen LogP contribution in [0.5, 0.6) is 0 Å². The van der Waals surface area contributed by atoms with E-state index in [0.717, 1.165) is 12.8 Å². The number of aryl methyl sites for hydroxylation is 1. The lowest BCUT2D eigenvalue weighted by Gasteiger charge is -2.14. The van der Waals surface area contributed by atoms with Crippen LogP contribution >= 0.6 is 0 Å². The zero-order chi connectivity index (χ0) is 15.1. The molecule has 1 aromatic rings. The van der Waals surface area contributed by atoms with Crippen molar-refractivity contribution in [3.63, 3.8) is 0 Å². The first kappa shape index (κ1) is 16.1. The van der Waals surface area contributed by atoms with Crippen molar-refractivity contribution >= 4 is 11.7 Å². The average molecular weight is 280 g/mol. The number of nitrogens with zero attached hydrogens (tertiary/aromatic N) is 1. The lowest BCUT2D eigenvalue weighted by atomic mass is 10.1. The summed E-state index contributed by atoms with van der Waals surface area (Å²) < 4.78 is 0. The highest BCUT2D eigenvalue weighted by molar-refractivity contribution is 5.73. The first-order chi connectivity index (χ1) is 9.45. The van der Waals surface area contributed by atoms with Crippen LogP contribution in [0.4, 0.5) is 5.69 Å². The summed E-state index contributed by atoms with van der Waals surface area (Å²) in [6, 6.07) is 4.32. The van der Waals surface area contributed by atoms with Gasteiger partial charge in [0.15, 0.2) is 0 Å².